The molecule has 0 radical (unpaired) electrons. The fraction of sp³-hybridized carbons (Fsp3) is 0.300. The van der Waals surface area contributed by atoms with E-state index in [0.717, 1.165) is 11.1 Å². The van der Waals surface area contributed by atoms with Crippen LogP contribution in [0, 0.1) is 0 Å². The Morgan fingerprint density at radius 2 is 1.85 bits per heavy atom. The second-order valence-corrected chi connectivity index (χ2v) is 6.22. The molecule has 2 aromatic carbocycles. The Balaban J connectivity index is 1.76. The predicted molar refractivity (Wildman–Crippen MR) is 98.5 cm³/mol. The lowest BCUT2D eigenvalue weighted by Gasteiger charge is -2.13. The Morgan fingerprint density at radius 3 is 2.42 bits per heavy atom. The van der Waals surface area contributed by atoms with E-state index in [9.17, 15) is 9.59 Å². The highest BCUT2D eigenvalue weighted by molar-refractivity contribution is 5.98. The number of hydrogen-bond acceptors (Lipinski definition) is 4. The van der Waals surface area contributed by atoms with E-state index in [1.54, 1.807) is 38.3 Å². The molecule has 3 rings (SSSR count). The van der Waals surface area contributed by atoms with Gasteiger partial charge in [-0.2, -0.15) is 0 Å². The Hall–Kier alpha value is -3.02. The quantitative estimate of drug-likeness (QED) is 0.895. The lowest BCUT2D eigenvalue weighted by Crippen LogP contribution is -2.40. The molecule has 1 saturated heterocycles. The van der Waals surface area contributed by atoms with E-state index in [0.29, 0.717) is 30.0 Å². The first-order chi connectivity index (χ1) is 12.5. The molecule has 2 amide bonds. The minimum atomic E-state index is -0.436. The zero-order chi connectivity index (χ0) is 18.7. The zero-order valence-corrected chi connectivity index (χ0v) is 15.1. The van der Waals surface area contributed by atoms with Crippen LogP contribution in [0.15, 0.2) is 42.5 Å². The van der Waals surface area contributed by atoms with Crippen LogP contribution >= 0.6 is 0 Å². The average molecular weight is 354 g/mol. The third-order valence-electron chi connectivity index (χ3n) is 4.60. The molecule has 1 atom stereocenters. The van der Waals surface area contributed by atoms with Crippen molar-refractivity contribution in [1.29, 1.82) is 0 Å². The SMILES string of the molecule is COc1ccc(-c2ccc(C(=O)N[C@H]3CCN(C)C3=O)cc2)c(OC)c1. The summed E-state index contributed by atoms with van der Waals surface area (Å²) < 4.78 is 10.6. The van der Waals surface area contributed by atoms with E-state index < -0.39 is 6.04 Å². The van der Waals surface area contributed by atoms with Crippen LogP contribution in [0.3, 0.4) is 0 Å². The summed E-state index contributed by atoms with van der Waals surface area (Å²) in [6.45, 7) is 0.667. The number of carbonyl (C=O) groups excluding carboxylic acids is 2. The maximum atomic E-state index is 12.4. The van der Waals surface area contributed by atoms with Gasteiger partial charge in [0.05, 0.1) is 14.2 Å². The maximum absolute atomic E-state index is 12.4. The molecule has 6 heteroatoms. The molecule has 0 spiro atoms. The van der Waals surface area contributed by atoms with E-state index in [1.807, 2.05) is 30.3 Å². The first-order valence-corrected chi connectivity index (χ1v) is 8.42. The summed E-state index contributed by atoms with van der Waals surface area (Å²) in [5, 5.41) is 2.80. The number of likely N-dealkylation sites (tertiary alicyclic amines) is 1. The van der Waals surface area contributed by atoms with E-state index >= 15 is 0 Å². The van der Waals surface area contributed by atoms with Gasteiger partial charge in [0.2, 0.25) is 5.91 Å². The monoisotopic (exact) mass is 354 g/mol. The summed E-state index contributed by atoms with van der Waals surface area (Å²) in [5.74, 6) is 1.12. The third kappa shape index (κ3) is 3.49. The van der Waals surface area contributed by atoms with Crippen LogP contribution in [-0.4, -0.2) is 50.6 Å². The van der Waals surface area contributed by atoms with Crippen molar-refractivity contribution in [2.24, 2.45) is 0 Å². The molecule has 0 aliphatic carbocycles. The van der Waals surface area contributed by atoms with Crippen molar-refractivity contribution in [2.75, 3.05) is 27.8 Å². The topological polar surface area (TPSA) is 67.9 Å². The summed E-state index contributed by atoms with van der Waals surface area (Å²) in [7, 11) is 4.95. The molecule has 26 heavy (non-hydrogen) atoms. The summed E-state index contributed by atoms with van der Waals surface area (Å²) in [5.41, 5.74) is 2.36. The second kappa shape index (κ2) is 7.47. The molecule has 136 valence electrons. The molecule has 1 aliphatic heterocycles. The normalized spacial score (nSPS) is 16.5. The fourth-order valence-electron chi connectivity index (χ4n) is 3.04. The van der Waals surface area contributed by atoms with Crippen LogP contribution in [0.4, 0.5) is 0 Å². The molecular formula is C20H22N2O4. The van der Waals surface area contributed by atoms with E-state index in [2.05, 4.69) is 5.32 Å². The van der Waals surface area contributed by atoms with Gasteiger partial charge in [-0.25, -0.2) is 0 Å². The van der Waals surface area contributed by atoms with Crippen LogP contribution < -0.4 is 14.8 Å². The molecule has 0 unspecified atom stereocenters. The van der Waals surface area contributed by atoms with Crippen LogP contribution in [0.2, 0.25) is 0 Å². The van der Waals surface area contributed by atoms with Crippen molar-refractivity contribution in [3.8, 4) is 22.6 Å². The number of ether oxygens (including phenoxy) is 2. The molecule has 1 N–H and O–H groups in total. The lowest BCUT2D eigenvalue weighted by atomic mass is 10.0. The van der Waals surface area contributed by atoms with Crippen LogP contribution in [0.5, 0.6) is 11.5 Å². The minimum Gasteiger partial charge on any atom is -0.497 e. The van der Waals surface area contributed by atoms with Gasteiger partial charge in [-0.3, -0.25) is 9.59 Å². The smallest absolute Gasteiger partial charge is 0.251 e. The van der Waals surface area contributed by atoms with Crippen molar-refractivity contribution in [2.45, 2.75) is 12.5 Å². The molecule has 1 heterocycles. The zero-order valence-electron chi connectivity index (χ0n) is 15.1. The molecule has 1 aliphatic rings. The third-order valence-corrected chi connectivity index (χ3v) is 4.60. The number of nitrogens with zero attached hydrogens (tertiary/aromatic N) is 1. The largest absolute Gasteiger partial charge is 0.497 e. The van der Waals surface area contributed by atoms with Gasteiger partial charge < -0.3 is 19.7 Å². The Bertz CT molecular complexity index is 817. The summed E-state index contributed by atoms with van der Waals surface area (Å²) in [4.78, 5) is 25.9. The number of nitrogens with one attached hydrogen (secondary N) is 1. The number of rotatable bonds is 5. The lowest BCUT2D eigenvalue weighted by molar-refractivity contribution is -0.128. The number of amides is 2. The van der Waals surface area contributed by atoms with Crippen molar-refractivity contribution >= 4 is 11.8 Å². The van der Waals surface area contributed by atoms with Crippen LogP contribution in [-0.2, 0) is 4.79 Å². The molecule has 0 aromatic heterocycles. The fourth-order valence-corrected chi connectivity index (χ4v) is 3.04. The summed E-state index contributed by atoms with van der Waals surface area (Å²) in [6, 6.07) is 12.4. The summed E-state index contributed by atoms with van der Waals surface area (Å²) >= 11 is 0. The molecule has 1 fully saturated rings. The van der Waals surface area contributed by atoms with Crippen molar-refractivity contribution in [1.82, 2.24) is 10.2 Å². The highest BCUT2D eigenvalue weighted by atomic mass is 16.5. The van der Waals surface area contributed by atoms with Gasteiger partial charge in [0, 0.05) is 30.8 Å². The number of methoxy groups -OCH3 is 2. The highest BCUT2D eigenvalue weighted by Crippen LogP contribution is 2.33. The second-order valence-electron chi connectivity index (χ2n) is 6.22. The molecule has 0 bridgehead atoms. The van der Waals surface area contributed by atoms with E-state index in [1.165, 1.54) is 0 Å². The van der Waals surface area contributed by atoms with E-state index in [-0.39, 0.29) is 11.8 Å². The van der Waals surface area contributed by atoms with Crippen molar-refractivity contribution in [3.63, 3.8) is 0 Å². The molecular weight excluding hydrogens is 332 g/mol. The Kier molecular flexibility index (Phi) is 5.11. The van der Waals surface area contributed by atoms with Gasteiger partial charge in [0.25, 0.3) is 5.91 Å². The van der Waals surface area contributed by atoms with Gasteiger partial charge >= 0.3 is 0 Å². The molecule has 6 nitrogen and oxygen atoms in total. The standard InChI is InChI=1S/C20H22N2O4/c1-22-11-10-17(20(22)24)21-19(23)14-6-4-13(5-7-14)16-9-8-15(25-2)12-18(16)26-3/h4-9,12,17H,10-11H2,1-3H3,(H,21,23)/t17-/m0/s1. The van der Waals surface area contributed by atoms with Gasteiger partial charge in [-0.05, 0) is 36.2 Å². The minimum absolute atomic E-state index is 0.0436. The van der Waals surface area contributed by atoms with Gasteiger partial charge in [-0.15, -0.1) is 0 Å². The first kappa shape index (κ1) is 17.8. The predicted octanol–water partition coefficient (Wildman–Crippen LogP) is 2.33. The van der Waals surface area contributed by atoms with Gasteiger partial charge in [0.1, 0.15) is 17.5 Å². The van der Waals surface area contributed by atoms with Crippen LogP contribution in [0.25, 0.3) is 11.1 Å². The Labute approximate surface area is 152 Å². The molecule has 0 saturated carbocycles. The number of carbonyl (C=O) groups is 2. The molecule has 2 aromatic rings. The average Bonchev–Trinajstić information content (AvgIpc) is 2.99. The maximum Gasteiger partial charge on any atom is 0.251 e. The first-order valence-electron chi connectivity index (χ1n) is 8.42. The van der Waals surface area contributed by atoms with Gasteiger partial charge in [-0.1, -0.05) is 12.1 Å². The van der Waals surface area contributed by atoms with Crippen molar-refractivity contribution in [3.05, 3.63) is 48.0 Å². The van der Waals surface area contributed by atoms with E-state index in [4.69, 9.17) is 9.47 Å². The van der Waals surface area contributed by atoms with Crippen molar-refractivity contribution < 1.29 is 19.1 Å². The number of likely N-dealkylation sites (N-methyl/N-ethyl adjacent to an activating group) is 1. The van der Waals surface area contributed by atoms with Gasteiger partial charge in [0.15, 0.2) is 0 Å². The van der Waals surface area contributed by atoms with Crippen LogP contribution in [0.1, 0.15) is 16.8 Å². The number of hydrogen-bond donors (Lipinski definition) is 1. The Morgan fingerprint density at radius 1 is 1.12 bits per heavy atom. The number of benzene rings is 2. The summed E-state index contributed by atoms with van der Waals surface area (Å²) in [6.07, 6.45) is 0.641. The highest BCUT2D eigenvalue weighted by Gasteiger charge is 2.30.